The molecular formula is C25H16N4O2. The SMILES string of the molecule is O=C(O)c1ccc2ccc3cccnc3c2n1.c1cnc2c(c1)ccc1cccnc12. The molecule has 4 aromatic heterocycles. The molecule has 2 aromatic carbocycles. The van der Waals surface area contributed by atoms with Crippen molar-refractivity contribution in [3.63, 3.8) is 0 Å². The number of carbonyl (C=O) groups is 1. The fraction of sp³-hybridized carbons (Fsp3) is 0. The summed E-state index contributed by atoms with van der Waals surface area (Å²) in [4.78, 5) is 28.0. The van der Waals surface area contributed by atoms with Gasteiger partial charge >= 0.3 is 5.97 Å². The molecule has 1 N–H and O–H groups in total. The van der Waals surface area contributed by atoms with Crippen LogP contribution in [0.1, 0.15) is 10.5 Å². The van der Waals surface area contributed by atoms with E-state index < -0.39 is 5.97 Å². The summed E-state index contributed by atoms with van der Waals surface area (Å²) in [7, 11) is 0. The van der Waals surface area contributed by atoms with E-state index in [1.54, 1.807) is 24.7 Å². The Hall–Kier alpha value is -4.45. The summed E-state index contributed by atoms with van der Waals surface area (Å²) in [5, 5.41) is 13.1. The lowest BCUT2D eigenvalue weighted by Crippen LogP contribution is -2.00. The highest BCUT2D eigenvalue weighted by Gasteiger charge is 2.08. The molecule has 0 fully saturated rings. The first kappa shape index (κ1) is 18.6. The molecule has 0 aliphatic rings. The maximum atomic E-state index is 10.9. The molecule has 6 aromatic rings. The number of hydrogen-bond acceptors (Lipinski definition) is 5. The van der Waals surface area contributed by atoms with Gasteiger partial charge < -0.3 is 5.11 Å². The molecule has 0 atom stereocenters. The van der Waals surface area contributed by atoms with E-state index in [-0.39, 0.29) is 5.69 Å². The minimum absolute atomic E-state index is 0.0376. The number of benzene rings is 2. The van der Waals surface area contributed by atoms with Crippen LogP contribution in [0.2, 0.25) is 0 Å². The van der Waals surface area contributed by atoms with Crippen molar-refractivity contribution in [3.8, 4) is 0 Å². The molecule has 0 saturated carbocycles. The zero-order valence-electron chi connectivity index (χ0n) is 16.3. The first-order valence-electron chi connectivity index (χ1n) is 9.67. The van der Waals surface area contributed by atoms with E-state index in [9.17, 15) is 4.79 Å². The summed E-state index contributed by atoms with van der Waals surface area (Å²) >= 11 is 0. The molecule has 4 heterocycles. The van der Waals surface area contributed by atoms with E-state index in [1.807, 2.05) is 36.4 Å². The van der Waals surface area contributed by atoms with Gasteiger partial charge in [0.05, 0.1) is 22.1 Å². The predicted molar refractivity (Wildman–Crippen MR) is 121 cm³/mol. The van der Waals surface area contributed by atoms with Crippen LogP contribution in [0.4, 0.5) is 0 Å². The second kappa shape index (κ2) is 7.76. The molecular weight excluding hydrogens is 388 g/mol. The van der Waals surface area contributed by atoms with Gasteiger partial charge in [0.15, 0.2) is 0 Å². The summed E-state index contributed by atoms with van der Waals surface area (Å²) in [5.74, 6) is -1.03. The van der Waals surface area contributed by atoms with Crippen molar-refractivity contribution >= 4 is 49.6 Å². The van der Waals surface area contributed by atoms with Gasteiger partial charge in [-0.2, -0.15) is 0 Å². The summed E-state index contributed by atoms with van der Waals surface area (Å²) in [6, 6.07) is 23.0. The van der Waals surface area contributed by atoms with Crippen LogP contribution < -0.4 is 0 Å². The van der Waals surface area contributed by atoms with Crippen molar-refractivity contribution in [3.05, 3.63) is 97.1 Å². The first-order valence-corrected chi connectivity index (χ1v) is 9.67. The van der Waals surface area contributed by atoms with Crippen molar-refractivity contribution in [2.75, 3.05) is 0 Å². The third kappa shape index (κ3) is 3.51. The Morgan fingerprint density at radius 2 is 0.935 bits per heavy atom. The molecule has 0 bridgehead atoms. The van der Waals surface area contributed by atoms with Gasteiger partial charge in [0.1, 0.15) is 5.69 Å². The maximum absolute atomic E-state index is 10.9. The zero-order chi connectivity index (χ0) is 21.2. The molecule has 148 valence electrons. The Morgan fingerprint density at radius 1 is 0.548 bits per heavy atom. The number of hydrogen-bond donors (Lipinski definition) is 1. The molecule has 6 nitrogen and oxygen atoms in total. The van der Waals surface area contributed by atoms with Crippen LogP contribution in [-0.4, -0.2) is 31.0 Å². The Kier molecular flexibility index (Phi) is 4.65. The summed E-state index contributed by atoms with van der Waals surface area (Å²) < 4.78 is 0. The smallest absolute Gasteiger partial charge is 0.354 e. The number of fused-ring (bicyclic) bond motifs is 6. The van der Waals surface area contributed by atoms with Crippen LogP contribution >= 0.6 is 0 Å². The zero-order valence-corrected chi connectivity index (χ0v) is 16.3. The van der Waals surface area contributed by atoms with Crippen molar-refractivity contribution < 1.29 is 9.90 Å². The average Bonchev–Trinajstić information content (AvgIpc) is 2.84. The topological polar surface area (TPSA) is 88.9 Å². The van der Waals surface area contributed by atoms with Crippen LogP contribution in [0, 0.1) is 0 Å². The Morgan fingerprint density at radius 3 is 1.39 bits per heavy atom. The quantitative estimate of drug-likeness (QED) is 0.376. The highest BCUT2D eigenvalue weighted by Crippen LogP contribution is 2.22. The summed E-state index contributed by atoms with van der Waals surface area (Å²) in [6.45, 7) is 0. The van der Waals surface area contributed by atoms with Crippen LogP contribution in [-0.2, 0) is 0 Å². The van der Waals surface area contributed by atoms with Gasteiger partial charge in [-0.15, -0.1) is 0 Å². The highest BCUT2D eigenvalue weighted by molar-refractivity contribution is 6.04. The second-order valence-corrected chi connectivity index (χ2v) is 6.93. The van der Waals surface area contributed by atoms with Crippen molar-refractivity contribution in [2.45, 2.75) is 0 Å². The number of aromatic carboxylic acids is 1. The number of rotatable bonds is 1. The molecule has 0 aliphatic heterocycles. The van der Waals surface area contributed by atoms with E-state index in [0.29, 0.717) is 5.52 Å². The third-order valence-electron chi connectivity index (χ3n) is 5.00. The lowest BCUT2D eigenvalue weighted by atomic mass is 10.1. The van der Waals surface area contributed by atoms with Crippen LogP contribution in [0.15, 0.2) is 91.4 Å². The lowest BCUT2D eigenvalue weighted by Gasteiger charge is -2.02. The van der Waals surface area contributed by atoms with Gasteiger partial charge in [-0.05, 0) is 24.3 Å². The van der Waals surface area contributed by atoms with Crippen molar-refractivity contribution in [1.29, 1.82) is 0 Å². The number of carboxylic acids is 1. The number of aromatic nitrogens is 4. The average molecular weight is 404 g/mol. The third-order valence-corrected chi connectivity index (χ3v) is 5.00. The molecule has 0 radical (unpaired) electrons. The molecule has 6 heteroatoms. The minimum atomic E-state index is -1.03. The fourth-order valence-corrected chi connectivity index (χ4v) is 3.52. The largest absolute Gasteiger partial charge is 0.477 e. The van der Waals surface area contributed by atoms with E-state index in [0.717, 1.165) is 38.1 Å². The molecule has 0 saturated heterocycles. The Labute approximate surface area is 176 Å². The number of pyridine rings is 4. The van der Waals surface area contributed by atoms with Gasteiger partial charge in [0.25, 0.3) is 0 Å². The van der Waals surface area contributed by atoms with Gasteiger partial charge in [0, 0.05) is 40.1 Å². The molecule has 6 rings (SSSR count). The number of carboxylic acid groups (broad SMARTS) is 1. The molecule has 0 aliphatic carbocycles. The summed E-state index contributed by atoms with van der Waals surface area (Å²) in [6.07, 6.45) is 5.28. The van der Waals surface area contributed by atoms with Gasteiger partial charge in [-0.1, -0.05) is 48.5 Å². The molecule has 0 spiro atoms. The molecule has 31 heavy (non-hydrogen) atoms. The van der Waals surface area contributed by atoms with Crippen molar-refractivity contribution in [2.24, 2.45) is 0 Å². The monoisotopic (exact) mass is 404 g/mol. The lowest BCUT2D eigenvalue weighted by molar-refractivity contribution is 0.0691. The normalized spacial score (nSPS) is 10.8. The number of nitrogens with zero attached hydrogens (tertiary/aromatic N) is 4. The second-order valence-electron chi connectivity index (χ2n) is 6.93. The van der Waals surface area contributed by atoms with Crippen LogP contribution in [0.5, 0.6) is 0 Å². The van der Waals surface area contributed by atoms with Crippen LogP contribution in [0.3, 0.4) is 0 Å². The Bertz CT molecular complexity index is 1530. The molecule has 0 amide bonds. The van der Waals surface area contributed by atoms with Crippen molar-refractivity contribution in [1.82, 2.24) is 19.9 Å². The van der Waals surface area contributed by atoms with E-state index in [2.05, 4.69) is 44.2 Å². The minimum Gasteiger partial charge on any atom is -0.477 e. The van der Waals surface area contributed by atoms with Gasteiger partial charge in [0.2, 0.25) is 0 Å². The Balaban J connectivity index is 0.000000134. The highest BCUT2D eigenvalue weighted by atomic mass is 16.4. The summed E-state index contributed by atoms with van der Waals surface area (Å²) in [5.41, 5.74) is 3.35. The van der Waals surface area contributed by atoms with Gasteiger partial charge in [-0.25, -0.2) is 9.78 Å². The van der Waals surface area contributed by atoms with Crippen LogP contribution in [0.25, 0.3) is 43.6 Å². The fourth-order valence-electron chi connectivity index (χ4n) is 3.52. The molecule has 0 unspecified atom stereocenters. The maximum Gasteiger partial charge on any atom is 0.354 e. The van der Waals surface area contributed by atoms with E-state index >= 15 is 0 Å². The van der Waals surface area contributed by atoms with E-state index in [1.165, 1.54) is 6.07 Å². The van der Waals surface area contributed by atoms with E-state index in [4.69, 9.17) is 5.11 Å². The predicted octanol–water partition coefficient (Wildman–Crippen LogP) is 5.26. The standard InChI is InChI=1S/C13H8N2O2.C12H8N2/c16-13(17)10-6-5-9-4-3-8-2-1-7-14-11(8)12(9)15-10;1-3-9-5-6-10-4-2-8-14-12(10)11(9)13-7-1/h1-7H,(H,16,17);1-8H. The first-order chi connectivity index (χ1) is 15.2. The van der Waals surface area contributed by atoms with Gasteiger partial charge in [-0.3, -0.25) is 15.0 Å².